The molecule has 0 spiro atoms. The van der Waals surface area contributed by atoms with E-state index in [0.29, 0.717) is 13.0 Å². The van der Waals surface area contributed by atoms with Gasteiger partial charge in [-0.05, 0) is 18.6 Å². The fraction of sp³-hybridized carbons (Fsp3) is 0.615. The maximum absolute atomic E-state index is 11.1. The molecule has 3 N–H and O–H groups in total. The lowest BCUT2D eigenvalue weighted by Crippen LogP contribution is -2.50. The van der Waals surface area contributed by atoms with Gasteiger partial charge in [-0.1, -0.05) is 6.92 Å². The van der Waals surface area contributed by atoms with Gasteiger partial charge in [0.05, 0.1) is 32.3 Å². The van der Waals surface area contributed by atoms with E-state index in [-0.39, 0.29) is 25.6 Å². The second-order valence-electron chi connectivity index (χ2n) is 4.42. The number of rotatable bonds is 8. The first-order valence-corrected chi connectivity index (χ1v) is 7.02. The van der Waals surface area contributed by atoms with Crippen molar-refractivity contribution < 1.29 is 19.7 Å². The second kappa shape index (κ2) is 7.59. The molecule has 0 aliphatic rings. The summed E-state index contributed by atoms with van der Waals surface area (Å²) in [6, 6.07) is 3.83. The Kier molecular flexibility index (Phi) is 6.44. The van der Waals surface area contributed by atoms with Crippen LogP contribution in [0.4, 0.5) is 0 Å². The van der Waals surface area contributed by atoms with E-state index in [0.717, 1.165) is 9.75 Å². The minimum absolute atomic E-state index is 0.111. The molecule has 0 bridgehead atoms. The van der Waals surface area contributed by atoms with Crippen LogP contribution in [-0.4, -0.2) is 42.0 Å². The molecule has 19 heavy (non-hydrogen) atoms. The molecule has 0 aromatic carbocycles. The third-order valence-electron chi connectivity index (χ3n) is 3.18. The van der Waals surface area contributed by atoms with Gasteiger partial charge in [0, 0.05) is 16.3 Å². The maximum Gasteiger partial charge on any atom is 0.310 e. The van der Waals surface area contributed by atoms with Crippen molar-refractivity contribution >= 4 is 17.3 Å². The molecule has 0 unspecified atom stereocenters. The minimum atomic E-state index is -0.646. The molecule has 5 nitrogen and oxygen atoms in total. The van der Waals surface area contributed by atoms with E-state index in [1.165, 1.54) is 18.4 Å². The van der Waals surface area contributed by atoms with Crippen LogP contribution < -0.4 is 5.32 Å². The Balaban J connectivity index is 2.56. The number of aliphatic hydroxyl groups excluding tert-OH is 2. The van der Waals surface area contributed by atoms with Crippen molar-refractivity contribution in [2.24, 2.45) is 0 Å². The highest BCUT2D eigenvalue weighted by Gasteiger charge is 2.25. The standard InChI is InChI=1S/C13H21NO4S/c1-3-13(8-15,9-16)14-7-11-5-4-10(19-11)6-12(17)18-2/h4-5,14-16H,3,6-9H2,1-2H3. The first kappa shape index (κ1) is 16.1. The van der Waals surface area contributed by atoms with Crippen LogP contribution in [-0.2, 0) is 22.5 Å². The predicted molar refractivity (Wildman–Crippen MR) is 74.1 cm³/mol. The number of carbonyl (C=O) groups excluding carboxylic acids is 1. The van der Waals surface area contributed by atoms with Crippen molar-refractivity contribution in [2.75, 3.05) is 20.3 Å². The zero-order valence-electron chi connectivity index (χ0n) is 11.3. The van der Waals surface area contributed by atoms with Crippen molar-refractivity contribution in [3.05, 3.63) is 21.9 Å². The van der Waals surface area contributed by atoms with E-state index in [1.807, 2.05) is 19.1 Å². The number of methoxy groups -OCH3 is 1. The van der Waals surface area contributed by atoms with Gasteiger partial charge in [-0.2, -0.15) is 0 Å². The molecule has 0 atom stereocenters. The van der Waals surface area contributed by atoms with Crippen LogP contribution in [0.3, 0.4) is 0 Å². The van der Waals surface area contributed by atoms with E-state index in [1.54, 1.807) is 0 Å². The zero-order chi connectivity index (χ0) is 14.3. The lowest BCUT2D eigenvalue weighted by molar-refractivity contribution is -0.139. The number of aliphatic hydroxyl groups is 2. The molecule has 6 heteroatoms. The maximum atomic E-state index is 11.1. The van der Waals surface area contributed by atoms with Gasteiger partial charge in [-0.15, -0.1) is 11.3 Å². The summed E-state index contributed by atoms with van der Waals surface area (Å²) < 4.78 is 4.62. The molecule has 1 aromatic heterocycles. The summed E-state index contributed by atoms with van der Waals surface area (Å²) in [5, 5.41) is 21.8. The minimum Gasteiger partial charge on any atom is -0.469 e. The molecule has 1 aromatic rings. The molecule has 0 amide bonds. The number of thiophene rings is 1. The Labute approximate surface area is 117 Å². The third-order valence-corrected chi connectivity index (χ3v) is 4.27. The molecule has 1 heterocycles. The predicted octanol–water partition coefficient (Wildman–Crippen LogP) is 0.687. The summed E-state index contributed by atoms with van der Waals surface area (Å²) in [5.74, 6) is -0.255. The van der Waals surface area contributed by atoms with Crippen LogP contribution in [0, 0.1) is 0 Å². The smallest absolute Gasteiger partial charge is 0.310 e. The average Bonchev–Trinajstić information content (AvgIpc) is 2.88. The van der Waals surface area contributed by atoms with Gasteiger partial charge in [0.2, 0.25) is 0 Å². The van der Waals surface area contributed by atoms with Crippen molar-refractivity contribution in [3.63, 3.8) is 0 Å². The second-order valence-corrected chi connectivity index (χ2v) is 5.68. The highest BCUT2D eigenvalue weighted by Crippen LogP contribution is 2.19. The third kappa shape index (κ3) is 4.58. The molecular formula is C13H21NO4S. The van der Waals surface area contributed by atoms with E-state index < -0.39 is 5.54 Å². The Hall–Kier alpha value is -0.950. The van der Waals surface area contributed by atoms with Gasteiger partial charge in [0.15, 0.2) is 0 Å². The Bertz CT molecular complexity index is 393. The number of carbonyl (C=O) groups is 1. The van der Waals surface area contributed by atoms with Gasteiger partial charge in [-0.3, -0.25) is 4.79 Å². The van der Waals surface area contributed by atoms with E-state index >= 15 is 0 Å². The molecule has 0 aliphatic carbocycles. The van der Waals surface area contributed by atoms with E-state index in [4.69, 9.17) is 0 Å². The fourth-order valence-electron chi connectivity index (χ4n) is 1.61. The van der Waals surface area contributed by atoms with Crippen molar-refractivity contribution in [1.82, 2.24) is 5.32 Å². The molecule has 1 rings (SSSR count). The van der Waals surface area contributed by atoms with E-state index in [9.17, 15) is 15.0 Å². The molecular weight excluding hydrogens is 266 g/mol. The van der Waals surface area contributed by atoms with Crippen molar-refractivity contribution in [2.45, 2.75) is 31.8 Å². The number of hydrogen-bond donors (Lipinski definition) is 3. The first-order valence-electron chi connectivity index (χ1n) is 6.20. The quantitative estimate of drug-likeness (QED) is 0.613. The SMILES string of the molecule is CCC(CO)(CO)NCc1ccc(CC(=O)OC)s1. The fourth-order valence-corrected chi connectivity index (χ4v) is 2.56. The zero-order valence-corrected chi connectivity index (χ0v) is 12.1. The molecule has 0 aliphatic heterocycles. The normalized spacial score (nSPS) is 11.6. The van der Waals surface area contributed by atoms with Crippen LogP contribution in [0.1, 0.15) is 23.1 Å². The summed E-state index contributed by atoms with van der Waals surface area (Å²) in [4.78, 5) is 13.1. The molecule has 0 saturated heterocycles. The summed E-state index contributed by atoms with van der Waals surface area (Å²) >= 11 is 1.52. The van der Waals surface area contributed by atoms with Crippen LogP contribution in [0.25, 0.3) is 0 Å². The Morgan fingerprint density at radius 2 is 2.00 bits per heavy atom. The van der Waals surface area contributed by atoms with Crippen molar-refractivity contribution in [1.29, 1.82) is 0 Å². The topological polar surface area (TPSA) is 78.8 Å². The van der Waals surface area contributed by atoms with Crippen LogP contribution in [0.5, 0.6) is 0 Å². The number of nitrogens with one attached hydrogen (secondary N) is 1. The highest BCUT2D eigenvalue weighted by atomic mass is 32.1. The molecule has 108 valence electrons. The monoisotopic (exact) mass is 287 g/mol. The largest absolute Gasteiger partial charge is 0.469 e. The van der Waals surface area contributed by atoms with Crippen LogP contribution >= 0.6 is 11.3 Å². The van der Waals surface area contributed by atoms with E-state index in [2.05, 4.69) is 10.1 Å². The Morgan fingerprint density at radius 3 is 2.53 bits per heavy atom. The van der Waals surface area contributed by atoms with Gasteiger partial charge < -0.3 is 20.3 Å². The summed E-state index contributed by atoms with van der Waals surface area (Å²) in [5.41, 5.74) is -0.646. The number of ether oxygens (including phenoxy) is 1. The van der Waals surface area contributed by atoms with Gasteiger partial charge in [-0.25, -0.2) is 0 Å². The van der Waals surface area contributed by atoms with Gasteiger partial charge >= 0.3 is 5.97 Å². The molecule has 0 saturated carbocycles. The highest BCUT2D eigenvalue weighted by molar-refractivity contribution is 7.12. The summed E-state index contributed by atoms with van der Waals surface area (Å²) in [7, 11) is 1.37. The lowest BCUT2D eigenvalue weighted by Gasteiger charge is -2.29. The summed E-state index contributed by atoms with van der Waals surface area (Å²) in [6.07, 6.45) is 0.917. The average molecular weight is 287 g/mol. The van der Waals surface area contributed by atoms with Gasteiger partial charge in [0.25, 0.3) is 0 Å². The number of hydrogen-bond acceptors (Lipinski definition) is 6. The number of esters is 1. The first-order chi connectivity index (χ1) is 9.09. The summed E-state index contributed by atoms with van der Waals surface area (Å²) in [6.45, 7) is 2.25. The Morgan fingerprint density at radius 1 is 1.37 bits per heavy atom. The molecule has 0 radical (unpaired) electrons. The van der Waals surface area contributed by atoms with Crippen molar-refractivity contribution in [3.8, 4) is 0 Å². The van der Waals surface area contributed by atoms with Crippen LogP contribution in [0.2, 0.25) is 0 Å². The van der Waals surface area contributed by atoms with Gasteiger partial charge in [0.1, 0.15) is 0 Å². The van der Waals surface area contributed by atoms with Crippen LogP contribution in [0.15, 0.2) is 12.1 Å². The lowest BCUT2D eigenvalue weighted by atomic mass is 9.98. The molecule has 0 fully saturated rings.